The van der Waals surface area contributed by atoms with Crippen LogP contribution in [0.1, 0.15) is 15.9 Å². The molecule has 3 rings (SSSR count). The number of methoxy groups -OCH3 is 1. The van der Waals surface area contributed by atoms with Crippen LogP contribution >= 0.6 is 11.8 Å². The van der Waals surface area contributed by atoms with Crippen LogP contribution in [-0.4, -0.2) is 41.8 Å². The highest BCUT2D eigenvalue weighted by atomic mass is 32.2. The minimum Gasteiger partial charge on any atom is -0.496 e. The number of aliphatic imine (C=N–C) groups is 1. The first kappa shape index (κ1) is 11.6. The first-order valence-corrected chi connectivity index (χ1v) is 6.97. The summed E-state index contributed by atoms with van der Waals surface area (Å²) in [5.41, 5.74) is 2.38. The molecule has 94 valence electrons. The lowest BCUT2D eigenvalue weighted by molar-refractivity contribution is 0.0784. The van der Waals surface area contributed by atoms with Gasteiger partial charge < -0.3 is 9.64 Å². The fraction of sp³-hybridized carbons (Fsp3) is 0.385. The van der Waals surface area contributed by atoms with E-state index in [1.807, 2.05) is 24.1 Å². The quantitative estimate of drug-likeness (QED) is 0.779. The van der Waals surface area contributed by atoms with Gasteiger partial charge in [0, 0.05) is 12.0 Å². The molecule has 4 nitrogen and oxygen atoms in total. The number of rotatable bonds is 1. The van der Waals surface area contributed by atoms with E-state index in [2.05, 4.69) is 4.99 Å². The number of nitrogens with zero attached hydrogens (tertiary/aromatic N) is 2. The van der Waals surface area contributed by atoms with Crippen LogP contribution in [0.3, 0.4) is 0 Å². The second-order valence-corrected chi connectivity index (χ2v) is 5.46. The Balaban J connectivity index is 2.12. The Bertz CT molecular complexity index is 542. The molecule has 0 N–H and O–H groups in total. The van der Waals surface area contributed by atoms with Gasteiger partial charge in [-0.1, -0.05) is 0 Å². The minimum atomic E-state index is 0.0517. The van der Waals surface area contributed by atoms with E-state index in [0.29, 0.717) is 5.56 Å². The molecule has 2 heterocycles. The van der Waals surface area contributed by atoms with Crippen molar-refractivity contribution >= 4 is 29.6 Å². The minimum absolute atomic E-state index is 0.0517. The van der Waals surface area contributed by atoms with Crippen LogP contribution in [0.5, 0.6) is 5.75 Å². The number of carbonyl (C=O) groups is 1. The standard InChI is InChI=1S/C13H14N2O2S/c1-8-3-11-10(4-12(8)17-2)13(16)15-7-18-6-9(15)5-14-11/h3-5,9H,6-7H2,1-2H3/t9-/m1/s1. The predicted octanol–water partition coefficient (Wildman–Crippen LogP) is 2.23. The van der Waals surface area contributed by atoms with Crippen molar-refractivity contribution in [3.63, 3.8) is 0 Å². The number of thioether (sulfide) groups is 1. The highest BCUT2D eigenvalue weighted by molar-refractivity contribution is 7.99. The van der Waals surface area contributed by atoms with E-state index >= 15 is 0 Å². The number of hydrogen-bond acceptors (Lipinski definition) is 4. The first-order valence-electron chi connectivity index (χ1n) is 5.82. The van der Waals surface area contributed by atoms with Gasteiger partial charge in [0.2, 0.25) is 0 Å². The van der Waals surface area contributed by atoms with Crippen LogP contribution in [0.15, 0.2) is 17.1 Å². The molecule has 18 heavy (non-hydrogen) atoms. The second kappa shape index (κ2) is 4.31. The number of ether oxygens (including phenoxy) is 1. The third-order valence-electron chi connectivity index (χ3n) is 3.31. The molecule has 1 aromatic carbocycles. The van der Waals surface area contributed by atoms with Crippen molar-refractivity contribution < 1.29 is 9.53 Å². The maximum atomic E-state index is 12.5. The third kappa shape index (κ3) is 1.70. The maximum absolute atomic E-state index is 12.5. The molecule has 0 radical (unpaired) electrons. The van der Waals surface area contributed by atoms with Gasteiger partial charge in [-0.2, -0.15) is 0 Å². The molecule has 2 aliphatic heterocycles. The van der Waals surface area contributed by atoms with Crippen LogP contribution in [0, 0.1) is 6.92 Å². The third-order valence-corrected chi connectivity index (χ3v) is 4.35. The highest BCUT2D eigenvalue weighted by Gasteiger charge is 2.32. The lowest BCUT2D eigenvalue weighted by Crippen LogP contribution is -2.36. The molecule has 0 unspecified atom stereocenters. The Morgan fingerprint density at radius 2 is 2.33 bits per heavy atom. The van der Waals surface area contributed by atoms with Crippen molar-refractivity contribution in [3.05, 3.63) is 23.3 Å². The molecule has 1 saturated heterocycles. The van der Waals surface area contributed by atoms with Crippen molar-refractivity contribution in [2.75, 3.05) is 18.7 Å². The molecule has 2 aliphatic rings. The van der Waals surface area contributed by atoms with Crippen molar-refractivity contribution in [3.8, 4) is 5.75 Å². The number of amides is 1. The number of fused-ring (bicyclic) bond motifs is 2. The van der Waals surface area contributed by atoms with Crippen LogP contribution in [-0.2, 0) is 0 Å². The molecular formula is C13H14N2O2S. The summed E-state index contributed by atoms with van der Waals surface area (Å²) in [7, 11) is 1.62. The summed E-state index contributed by atoms with van der Waals surface area (Å²) in [5, 5.41) is 0. The SMILES string of the molecule is COc1cc2c(cc1C)N=C[C@@H]1CSCN1C2=O. The summed E-state index contributed by atoms with van der Waals surface area (Å²) in [6.07, 6.45) is 1.88. The van der Waals surface area contributed by atoms with Crippen molar-refractivity contribution in [2.24, 2.45) is 4.99 Å². The van der Waals surface area contributed by atoms with E-state index in [1.165, 1.54) is 0 Å². The van der Waals surface area contributed by atoms with Gasteiger partial charge in [0.25, 0.3) is 5.91 Å². The fourth-order valence-corrected chi connectivity index (χ4v) is 3.40. The average molecular weight is 262 g/mol. The number of carbonyl (C=O) groups excluding carboxylic acids is 1. The van der Waals surface area contributed by atoms with Crippen molar-refractivity contribution in [1.29, 1.82) is 0 Å². The Morgan fingerprint density at radius 1 is 1.50 bits per heavy atom. The molecule has 0 aliphatic carbocycles. The zero-order valence-corrected chi connectivity index (χ0v) is 11.2. The smallest absolute Gasteiger partial charge is 0.257 e. The lowest BCUT2D eigenvalue weighted by atomic mass is 10.1. The Hall–Kier alpha value is -1.49. The summed E-state index contributed by atoms with van der Waals surface area (Å²) in [6.45, 7) is 1.96. The summed E-state index contributed by atoms with van der Waals surface area (Å²) < 4.78 is 5.28. The molecule has 1 amide bonds. The van der Waals surface area contributed by atoms with Gasteiger partial charge >= 0.3 is 0 Å². The second-order valence-electron chi connectivity index (χ2n) is 4.46. The maximum Gasteiger partial charge on any atom is 0.257 e. The van der Waals surface area contributed by atoms with Gasteiger partial charge in [-0.05, 0) is 24.6 Å². The predicted molar refractivity (Wildman–Crippen MR) is 73.2 cm³/mol. The van der Waals surface area contributed by atoms with Gasteiger partial charge in [-0.3, -0.25) is 9.79 Å². The van der Waals surface area contributed by atoms with E-state index in [9.17, 15) is 4.79 Å². The Labute approximate surface area is 110 Å². The van der Waals surface area contributed by atoms with Gasteiger partial charge in [0.1, 0.15) is 5.75 Å². The van der Waals surface area contributed by atoms with E-state index in [4.69, 9.17) is 4.74 Å². The van der Waals surface area contributed by atoms with E-state index in [-0.39, 0.29) is 11.9 Å². The van der Waals surface area contributed by atoms with Crippen LogP contribution in [0.4, 0.5) is 5.69 Å². The number of hydrogen-bond donors (Lipinski definition) is 0. The number of aryl methyl sites for hydroxylation is 1. The Kier molecular flexibility index (Phi) is 2.78. The monoisotopic (exact) mass is 262 g/mol. The molecule has 0 saturated carbocycles. The normalized spacial score (nSPS) is 21.6. The average Bonchev–Trinajstić information content (AvgIpc) is 2.79. The Morgan fingerprint density at radius 3 is 3.11 bits per heavy atom. The van der Waals surface area contributed by atoms with Crippen LogP contribution < -0.4 is 4.74 Å². The largest absolute Gasteiger partial charge is 0.496 e. The van der Waals surface area contributed by atoms with Crippen LogP contribution in [0.25, 0.3) is 0 Å². The molecular weight excluding hydrogens is 248 g/mol. The van der Waals surface area contributed by atoms with Gasteiger partial charge in [0.05, 0.1) is 30.3 Å². The molecule has 5 heteroatoms. The molecule has 1 atom stereocenters. The van der Waals surface area contributed by atoms with Crippen LogP contribution in [0.2, 0.25) is 0 Å². The van der Waals surface area contributed by atoms with E-state index < -0.39 is 0 Å². The zero-order chi connectivity index (χ0) is 12.7. The highest BCUT2D eigenvalue weighted by Crippen LogP contribution is 2.34. The summed E-state index contributed by atoms with van der Waals surface area (Å²) >= 11 is 1.76. The summed E-state index contributed by atoms with van der Waals surface area (Å²) in [4.78, 5) is 18.8. The fourth-order valence-electron chi connectivity index (χ4n) is 2.28. The van der Waals surface area contributed by atoms with E-state index in [1.54, 1.807) is 24.9 Å². The van der Waals surface area contributed by atoms with Crippen molar-refractivity contribution in [1.82, 2.24) is 4.90 Å². The summed E-state index contributed by atoms with van der Waals surface area (Å²) in [5.74, 6) is 2.46. The molecule has 0 spiro atoms. The molecule has 1 fully saturated rings. The van der Waals surface area contributed by atoms with Gasteiger partial charge in [-0.15, -0.1) is 11.8 Å². The van der Waals surface area contributed by atoms with E-state index in [0.717, 1.165) is 28.6 Å². The van der Waals surface area contributed by atoms with Crippen molar-refractivity contribution in [2.45, 2.75) is 13.0 Å². The lowest BCUT2D eigenvalue weighted by Gasteiger charge is -2.19. The summed E-state index contributed by atoms with van der Waals surface area (Å²) in [6, 6.07) is 3.84. The van der Waals surface area contributed by atoms with Gasteiger partial charge in [0.15, 0.2) is 0 Å². The molecule has 0 aromatic heterocycles. The van der Waals surface area contributed by atoms with Gasteiger partial charge in [-0.25, -0.2) is 0 Å². The topological polar surface area (TPSA) is 41.9 Å². The molecule has 0 bridgehead atoms. The first-order chi connectivity index (χ1) is 8.70. The number of benzene rings is 1. The zero-order valence-electron chi connectivity index (χ0n) is 10.3. The molecule has 1 aromatic rings.